The van der Waals surface area contributed by atoms with Crippen LogP contribution in [0.2, 0.25) is 0 Å². The van der Waals surface area contributed by atoms with Crippen molar-refractivity contribution in [1.29, 1.82) is 0 Å². The molecule has 0 aliphatic rings. The predicted octanol–water partition coefficient (Wildman–Crippen LogP) is 3.96. The number of nitrogens with one attached hydrogen (secondary N) is 1. The van der Waals surface area contributed by atoms with Gasteiger partial charge in [-0.25, -0.2) is 0 Å². The van der Waals surface area contributed by atoms with Crippen molar-refractivity contribution in [2.75, 3.05) is 7.11 Å². The number of amides is 2. The monoisotopic (exact) mass is 396 g/mol. The first-order valence-electron chi connectivity index (χ1n) is 10.0. The first-order chi connectivity index (χ1) is 13.7. The van der Waals surface area contributed by atoms with Gasteiger partial charge in [-0.05, 0) is 50.5 Å². The Hall–Kier alpha value is -2.82. The molecule has 0 radical (unpaired) electrons. The van der Waals surface area contributed by atoms with Crippen molar-refractivity contribution >= 4 is 11.8 Å². The van der Waals surface area contributed by atoms with E-state index >= 15 is 0 Å². The minimum absolute atomic E-state index is 0.0741. The molecular formula is C24H32N2O3. The molecule has 2 aromatic carbocycles. The van der Waals surface area contributed by atoms with Crippen LogP contribution in [0.3, 0.4) is 0 Å². The first kappa shape index (κ1) is 22.5. The smallest absolute Gasteiger partial charge is 0.243 e. The Balaban J connectivity index is 2.26. The summed E-state index contributed by atoms with van der Waals surface area (Å²) in [6.45, 7) is 8.16. The van der Waals surface area contributed by atoms with Gasteiger partial charge in [0.15, 0.2) is 0 Å². The average molecular weight is 397 g/mol. The highest BCUT2D eigenvalue weighted by Gasteiger charge is 2.30. The van der Waals surface area contributed by atoms with Gasteiger partial charge in [0.2, 0.25) is 11.8 Å². The summed E-state index contributed by atoms with van der Waals surface area (Å²) in [7, 11) is 1.61. The molecule has 2 amide bonds. The number of ether oxygens (including phenoxy) is 1. The van der Waals surface area contributed by atoms with Crippen molar-refractivity contribution in [1.82, 2.24) is 10.2 Å². The van der Waals surface area contributed by atoms with E-state index in [1.807, 2.05) is 82.3 Å². The van der Waals surface area contributed by atoms with Crippen LogP contribution in [0, 0.1) is 0 Å². The number of methoxy groups -OCH3 is 1. The fraction of sp³-hybridized carbons (Fsp3) is 0.417. The Morgan fingerprint density at radius 3 is 2.14 bits per heavy atom. The van der Waals surface area contributed by atoms with E-state index in [9.17, 15) is 9.59 Å². The second-order valence-corrected chi connectivity index (χ2v) is 8.20. The Morgan fingerprint density at radius 1 is 1.00 bits per heavy atom. The fourth-order valence-corrected chi connectivity index (χ4v) is 3.17. The fourth-order valence-electron chi connectivity index (χ4n) is 3.17. The molecule has 1 N–H and O–H groups in total. The third-order valence-corrected chi connectivity index (χ3v) is 4.59. The predicted molar refractivity (Wildman–Crippen MR) is 116 cm³/mol. The van der Waals surface area contributed by atoms with Crippen LogP contribution in [0.25, 0.3) is 0 Å². The molecule has 5 heteroatoms. The topological polar surface area (TPSA) is 58.6 Å². The molecule has 0 bridgehead atoms. The molecule has 0 spiro atoms. The lowest BCUT2D eigenvalue weighted by atomic mass is 10.0. The second kappa shape index (κ2) is 10.1. The van der Waals surface area contributed by atoms with E-state index in [1.165, 1.54) is 0 Å². The zero-order chi connectivity index (χ0) is 21.4. The van der Waals surface area contributed by atoms with Crippen molar-refractivity contribution in [3.05, 3.63) is 65.7 Å². The quantitative estimate of drug-likeness (QED) is 0.735. The summed E-state index contributed by atoms with van der Waals surface area (Å²) in [5, 5.41) is 3.02. The van der Waals surface area contributed by atoms with Crippen molar-refractivity contribution < 1.29 is 14.3 Å². The van der Waals surface area contributed by atoms with E-state index in [2.05, 4.69) is 5.32 Å². The molecule has 0 aliphatic heterocycles. The molecule has 0 fully saturated rings. The van der Waals surface area contributed by atoms with Gasteiger partial charge in [0.05, 0.1) is 13.5 Å². The number of carbonyl (C=O) groups excluding carboxylic acids is 2. The maximum absolute atomic E-state index is 13.3. The molecule has 0 saturated carbocycles. The maximum Gasteiger partial charge on any atom is 0.243 e. The summed E-state index contributed by atoms with van der Waals surface area (Å²) in [5.74, 6) is 0.548. The van der Waals surface area contributed by atoms with Gasteiger partial charge < -0.3 is 15.0 Å². The van der Waals surface area contributed by atoms with Crippen LogP contribution in [0.4, 0.5) is 0 Å². The van der Waals surface area contributed by atoms with Crippen LogP contribution in [0.5, 0.6) is 5.75 Å². The third kappa shape index (κ3) is 6.93. The molecule has 0 saturated heterocycles. The molecule has 1 atom stereocenters. The largest absolute Gasteiger partial charge is 0.497 e. The summed E-state index contributed by atoms with van der Waals surface area (Å²) in [5.41, 5.74) is 1.53. The minimum Gasteiger partial charge on any atom is -0.497 e. The zero-order valence-electron chi connectivity index (χ0n) is 18.1. The Kier molecular flexibility index (Phi) is 7.82. The lowest BCUT2D eigenvalue weighted by molar-refractivity contribution is -0.141. The minimum atomic E-state index is -0.528. The van der Waals surface area contributed by atoms with Crippen molar-refractivity contribution in [3.8, 4) is 5.75 Å². The number of carbonyl (C=O) groups is 2. The van der Waals surface area contributed by atoms with Gasteiger partial charge in [0.25, 0.3) is 0 Å². The number of benzene rings is 2. The molecule has 156 valence electrons. The Morgan fingerprint density at radius 2 is 1.62 bits per heavy atom. The van der Waals surface area contributed by atoms with Crippen LogP contribution in [-0.4, -0.2) is 35.4 Å². The maximum atomic E-state index is 13.3. The van der Waals surface area contributed by atoms with Crippen LogP contribution in [-0.2, 0) is 22.6 Å². The number of nitrogens with zero attached hydrogens (tertiary/aromatic N) is 1. The van der Waals surface area contributed by atoms with Crippen LogP contribution in [0.15, 0.2) is 54.6 Å². The third-order valence-electron chi connectivity index (χ3n) is 4.59. The summed E-state index contributed by atoms with van der Waals surface area (Å²) >= 11 is 0. The molecule has 29 heavy (non-hydrogen) atoms. The van der Waals surface area contributed by atoms with Crippen LogP contribution >= 0.6 is 0 Å². The zero-order valence-corrected chi connectivity index (χ0v) is 18.1. The normalized spacial score (nSPS) is 12.2. The van der Waals surface area contributed by atoms with Gasteiger partial charge in [-0.2, -0.15) is 0 Å². The van der Waals surface area contributed by atoms with Gasteiger partial charge in [-0.1, -0.05) is 49.4 Å². The van der Waals surface area contributed by atoms with Gasteiger partial charge >= 0.3 is 0 Å². The number of rotatable bonds is 8. The van der Waals surface area contributed by atoms with E-state index in [-0.39, 0.29) is 23.8 Å². The van der Waals surface area contributed by atoms with E-state index in [0.29, 0.717) is 13.0 Å². The van der Waals surface area contributed by atoms with Crippen LogP contribution < -0.4 is 10.1 Å². The summed E-state index contributed by atoms with van der Waals surface area (Å²) in [4.78, 5) is 27.9. The molecule has 0 aromatic heterocycles. The van der Waals surface area contributed by atoms with Crippen LogP contribution in [0.1, 0.15) is 45.2 Å². The van der Waals surface area contributed by atoms with Gasteiger partial charge in [0.1, 0.15) is 11.8 Å². The molecule has 5 nitrogen and oxygen atoms in total. The number of hydrogen-bond donors (Lipinski definition) is 1. The van der Waals surface area contributed by atoms with E-state index < -0.39 is 6.04 Å². The molecule has 2 rings (SSSR count). The lowest BCUT2D eigenvalue weighted by Crippen LogP contribution is -2.53. The summed E-state index contributed by atoms with van der Waals surface area (Å²) in [6, 6.07) is 16.7. The average Bonchev–Trinajstić information content (AvgIpc) is 2.67. The number of hydrogen-bond acceptors (Lipinski definition) is 3. The molecule has 0 unspecified atom stereocenters. The van der Waals surface area contributed by atoms with Crippen molar-refractivity contribution in [2.45, 2.75) is 58.7 Å². The van der Waals surface area contributed by atoms with Gasteiger partial charge in [-0.15, -0.1) is 0 Å². The van der Waals surface area contributed by atoms with Gasteiger partial charge in [0, 0.05) is 12.1 Å². The van der Waals surface area contributed by atoms with E-state index in [0.717, 1.165) is 16.9 Å². The highest BCUT2D eigenvalue weighted by Crippen LogP contribution is 2.17. The second-order valence-electron chi connectivity index (χ2n) is 8.20. The van der Waals surface area contributed by atoms with Crippen molar-refractivity contribution in [2.24, 2.45) is 0 Å². The highest BCUT2D eigenvalue weighted by molar-refractivity contribution is 5.88. The lowest BCUT2D eigenvalue weighted by Gasteiger charge is -2.33. The van der Waals surface area contributed by atoms with Gasteiger partial charge in [-0.3, -0.25) is 9.59 Å². The Labute approximate surface area is 174 Å². The summed E-state index contributed by atoms with van der Waals surface area (Å²) in [6.07, 6.45) is 0.777. The standard InChI is InChI=1S/C24H32N2O3/c1-6-21(23(28)25-24(2,3)4)26(17-19-10-8-7-9-11-19)22(27)16-18-12-14-20(29-5)15-13-18/h7-15,21H,6,16-17H2,1-5H3,(H,25,28)/t21-/m1/s1. The first-order valence-corrected chi connectivity index (χ1v) is 10.0. The van der Waals surface area contributed by atoms with E-state index in [1.54, 1.807) is 12.0 Å². The summed E-state index contributed by atoms with van der Waals surface area (Å²) < 4.78 is 5.19. The molecular weight excluding hydrogens is 364 g/mol. The Bertz CT molecular complexity index is 795. The highest BCUT2D eigenvalue weighted by atomic mass is 16.5. The van der Waals surface area contributed by atoms with Crippen molar-refractivity contribution in [3.63, 3.8) is 0 Å². The molecule has 0 aliphatic carbocycles. The SMILES string of the molecule is CC[C@H](C(=O)NC(C)(C)C)N(Cc1ccccc1)C(=O)Cc1ccc(OC)cc1. The molecule has 0 heterocycles. The molecule has 2 aromatic rings. The van der Waals surface area contributed by atoms with E-state index in [4.69, 9.17) is 4.74 Å².